The fourth-order valence-corrected chi connectivity index (χ4v) is 1.96. The summed E-state index contributed by atoms with van der Waals surface area (Å²) in [6, 6.07) is 4.12. The molecule has 3 heteroatoms. The molecule has 74 valence electrons. The molecule has 0 fully saturated rings. The molecule has 0 bridgehead atoms. The molecule has 0 aromatic heterocycles. The molecule has 3 nitrogen and oxygen atoms in total. The Morgan fingerprint density at radius 3 is 2.93 bits per heavy atom. The molecule has 0 saturated carbocycles. The zero-order valence-corrected chi connectivity index (χ0v) is 7.91. The van der Waals surface area contributed by atoms with Crippen molar-refractivity contribution >= 4 is 0 Å². The van der Waals surface area contributed by atoms with E-state index in [-0.39, 0.29) is 0 Å². The Hall–Kier alpha value is -1.22. The number of hydrogen-bond donors (Lipinski definition) is 0. The molecule has 1 aromatic rings. The molecule has 0 unspecified atom stereocenters. The van der Waals surface area contributed by atoms with Gasteiger partial charge in [0, 0.05) is 5.56 Å². The summed E-state index contributed by atoms with van der Waals surface area (Å²) in [5.74, 6) is 1.76. The van der Waals surface area contributed by atoms with Crippen molar-refractivity contribution in [2.24, 2.45) is 0 Å². The highest BCUT2D eigenvalue weighted by Gasteiger charge is 2.21. The molecule has 0 amide bonds. The van der Waals surface area contributed by atoms with Crippen LogP contribution in [0.15, 0.2) is 12.1 Å². The summed E-state index contributed by atoms with van der Waals surface area (Å²) in [6.45, 7) is 2.75. The van der Waals surface area contributed by atoms with Crippen LogP contribution in [0.4, 0.5) is 0 Å². The number of rotatable bonds is 0. The number of hydrogen-bond acceptors (Lipinski definition) is 3. The van der Waals surface area contributed by atoms with Gasteiger partial charge in [0.1, 0.15) is 13.2 Å². The van der Waals surface area contributed by atoms with Gasteiger partial charge in [-0.1, -0.05) is 6.07 Å². The third-order valence-electron chi connectivity index (χ3n) is 2.67. The van der Waals surface area contributed by atoms with Crippen LogP contribution in [0.2, 0.25) is 0 Å². The van der Waals surface area contributed by atoms with Crippen LogP contribution in [-0.4, -0.2) is 19.8 Å². The van der Waals surface area contributed by atoms with Crippen LogP contribution in [0, 0.1) is 0 Å². The molecule has 0 atom stereocenters. The highest BCUT2D eigenvalue weighted by Crippen LogP contribution is 2.37. The molecule has 2 aliphatic heterocycles. The van der Waals surface area contributed by atoms with E-state index in [0.29, 0.717) is 19.8 Å². The van der Waals surface area contributed by atoms with Crippen LogP contribution in [0.1, 0.15) is 11.1 Å². The molecule has 2 aliphatic rings. The zero-order valence-electron chi connectivity index (χ0n) is 7.91. The van der Waals surface area contributed by atoms with Crippen molar-refractivity contribution in [3.05, 3.63) is 23.3 Å². The van der Waals surface area contributed by atoms with Crippen LogP contribution in [0.5, 0.6) is 11.5 Å². The van der Waals surface area contributed by atoms with Gasteiger partial charge in [0.15, 0.2) is 11.5 Å². The van der Waals surface area contributed by atoms with Crippen LogP contribution < -0.4 is 9.47 Å². The predicted octanol–water partition coefficient (Wildman–Crippen LogP) is 1.53. The van der Waals surface area contributed by atoms with E-state index in [1.165, 1.54) is 11.1 Å². The monoisotopic (exact) mass is 192 g/mol. The molecule has 1 aromatic carbocycles. The first kappa shape index (κ1) is 8.12. The van der Waals surface area contributed by atoms with Gasteiger partial charge >= 0.3 is 0 Å². The molecular formula is C11H12O3. The second kappa shape index (κ2) is 3.17. The van der Waals surface area contributed by atoms with Gasteiger partial charge in [0.2, 0.25) is 0 Å². The summed E-state index contributed by atoms with van der Waals surface area (Å²) < 4.78 is 16.6. The maximum absolute atomic E-state index is 5.62. The van der Waals surface area contributed by atoms with E-state index >= 15 is 0 Å². The summed E-state index contributed by atoms with van der Waals surface area (Å²) >= 11 is 0. The first-order chi connectivity index (χ1) is 6.95. The zero-order chi connectivity index (χ0) is 9.38. The second-order valence-corrected chi connectivity index (χ2v) is 3.53. The summed E-state index contributed by atoms with van der Waals surface area (Å²) in [6.07, 6.45) is 0.978. The molecule has 0 radical (unpaired) electrons. The fourth-order valence-electron chi connectivity index (χ4n) is 1.96. The molecule has 0 N–H and O–H groups in total. The lowest BCUT2D eigenvalue weighted by atomic mass is 10.0. The average Bonchev–Trinajstić information content (AvgIpc) is 2.29. The van der Waals surface area contributed by atoms with Crippen molar-refractivity contribution in [3.63, 3.8) is 0 Å². The minimum absolute atomic E-state index is 0.642. The van der Waals surface area contributed by atoms with E-state index in [4.69, 9.17) is 14.2 Å². The summed E-state index contributed by atoms with van der Waals surface area (Å²) in [5, 5.41) is 0. The standard InChI is InChI=1S/C11H12O3/c1-2-10-11(14-6-5-13-10)9-7-12-4-3-8(1)9/h1-2H,3-7H2. The van der Waals surface area contributed by atoms with E-state index in [1.807, 2.05) is 6.07 Å². The van der Waals surface area contributed by atoms with Gasteiger partial charge in [0.05, 0.1) is 13.2 Å². The summed E-state index contributed by atoms with van der Waals surface area (Å²) in [7, 11) is 0. The lowest BCUT2D eigenvalue weighted by Crippen LogP contribution is -2.19. The minimum Gasteiger partial charge on any atom is -0.486 e. The Balaban J connectivity index is 2.12. The van der Waals surface area contributed by atoms with Gasteiger partial charge in [-0.15, -0.1) is 0 Å². The van der Waals surface area contributed by atoms with Crippen molar-refractivity contribution in [2.45, 2.75) is 13.0 Å². The SMILES string of the molecule is c1cc2c(c3c1CCOC3)OCCO2. The maximum atomic E-state index is 5.62. The minimum atomic E-state index is 0.642. The Kier molecular flexibility index (Phi) is 1.84. The van der Waals surface area contributed by atoms with Crippen LogP contribution in [-0.2, 0) is 17.8 Å². The van der Waals surface area contributed by atoms with E-state index in [2.05, 4.69) is 6.07 Å². The van der Waals surface area contributed by atoms with Gasteiger partial charge in [0.25, 0.3) is 0 Å². The van der Waals surface area contributed by atoms with Gasteiger partial charge in [-0.2, -0.15) is 0 Å². The van der Waals surface area contributed by atoms with Crippen LogP contribution in [0.25, 0.3) is 0 Å². The Bertz CT molecular complexity index is 325. The van der Waals surface area contributed by atoms with E-state index in [1.54, 1.807) is 0 Å². The number of benzene rings is 1. The highest BCUT2D eigenvalue weighted by molar-refractivity contribution is 5.51. The Morgan fingerprint density at radius 1 is 1.00 bits per heavy atom. The lowest BCUT2D eigenvalue weighted by Gasteiger charge is -2.25. The lowest BCUT2D eigenvalue weighted by molar-refractivity contribution is 0.102. The van der Waals surface area contributed by atoms with Crippen LogP contribution >= 0.6 is 0 Å². The fraction of sp³-hybridized carbons (Fsp3) is 0.455. The van der Waals surface area contributed by atoms with Gasteiger partial charge in [-0.05, 0) is 18.1 Å². The predicted molar refractivity (Wildman–Crippen MR) is 50.8 cm³/mol. The largest absolute Gasteiger partial charge is 0.486 e. The highest BCUT2D eigenvalue weighted by atomic mass is 16.6. The van der Waals surface area contributed by atoms with E-state index in [0.717, 1.165) is 24.5 Å². The van der Waals surface area contributed by atoms with E-state index in [9.17, 15) is 0 Å². The van der Waals surface area contributed by atoms with Gasteiger partial charge < -0.3 is 14.2 Å². The number of fused-ring (bicyclic) bond motifs is 3. The van der Waals surface area contributed by atoms with Crippen molar-refractivity contribution < 1.29 is 14.2 Å². The van der Waals surface area contributed by atoms with Gasteiger partial charge in [-0.25, -0.2) is 0 Å². The Labute approximate surface area is 82.6 Å². The molecule has 3 rings (SSSR count). The molecule has 0 saturated heterocycles. The second-order valence-electron chi connectivity index (χ2n) is 3.53. The molecular weight excluding hydrogens is 180 g/mol. The van der Waals surface area contributed by atoms with Crippen molar-refractivity contribution in [2.75, 3.05) is 19.8 Å². The third-order valence-corrected chi connectivity index (χ3v) is 2.67. The summed E-state index contributed by atoms with van der Waals surface area (Å²) in [5.41, 5.74) is 2.51. The topological polar surface area (TPSA) is 27.7 Å². The average molecular weight is 192 g/mol. The molecule has 0 spiro atoms. The molecule has 14 heavy (non-hydrogen) atoms. The van der Waals surface area contributed by atoms with Crippen molar-refractivity contribution in [3.8, 4) is 11.5 Å². The first-order valence-electron chi connectivity index (χ1n) is 4.93. The third kappa shape index (κ3) is 1.16. The maximum Gasteiger partial charge on any atom is 0.167 e. The van der Waals surface area contributed by atoms with Gasteiger partial charge in [-0.3, -0.25) is 0 Å². The van der Waals surface area contributed by atoms with Crippen molar-refractivity contribution in [1.82, 2.24) is 0 Å². The Morgan fingerprint density at radius 2 is 1.93 bits per heavy atom. The normalized spacial score (nSPS) is 18.9. The quantitative estimate of drug-likeness (QED) is 0.624. The van der Waals surface area contributed by atoms with E-state index < -0.39 is 0 Å². The van der Waals surface area contributed by atoms with Crippen LogP contribution in [0.3, 0.4) is 0 Å². The molecule has 2 heterocycles. The first-order valence-corrected chi connectivity index (χ1v) is 4.93. The summed E-state index contributed by atoms with van der Waals surface area (Å²) in [4.78, 5) is 0. The number of ether oxygens (including phenoxy) is 3. The van der Waals surface area contributed by atoms with Crippen molar-refractivity contribution in [1.29, 1.82) is 0 Å². The molecule has 0 aliphatic carbocycles. The smallest absolute Gasteiger partial charge is 0.167 e.